The van der Waals surface area contributed by atoms with E-state index in [4.69, 9.17) is 9.51 Å². The molecule has 3 aromatic rings. The second-order valence-electron chi connectivity index (χ2n) is 15.3. The number of alkyl halides is 1. The van der Waals surface area contributed by atoms with E-state index in [9.17, 15) is 9.18 Å². The predicted octanol–water partition coefficient (Wildman–Crippen LogP) is 6.61. The highest BCUT2D eigenvalue weighted by Crippen LogP contribution is 2.70. The van der Waals surface area contributed by atoms with E-state index in [1.165, 1.54) is 0 Å². The van der Waals surface area contributed by atoms with Crippen molar-refractivity contribution in [1.29, 1.82) is 0 Å². The predicted molar refractivity (Wildman–Crippen MR) is 155 cm³/mol. The Morgan fingerprint density at radius 3 is 2.26 bits per heavy atom. The molecule has 7 saturated carbocycles. The summed E-state index contributed by atoms with van der Waals surface area (Å²) in [5, 5.41) is 4.45. The van der Waals surface area contributed by atoms with Gasteiger partial charge in [-0.2, -0.15) is 4.98 Å². The number of nitrogens with zero attached hydrogens (tertiary/aromatic N) is 6. The lowest BCUT2D eigenvalue weighted by Gasteiger charge is -2.65. The van der Waals surface area contributed by atoms with Crippen LogP contribution in [-0.2, 0) is 15.6 Å². The smallest absolute Gasteiger partial charge is 0.233 e. The van der Waals surface area contributed by atoms with Crippen LogP contribution in [0.1, 0.15) is 115 Å². The Labute approximate surface area is 245 Å². The normalized spacial score (nSPS) is 33.1. The average molecular weight is 571 g/mol. The molecule has 7 aliphatic rings. The summed E-state index contributed by atoms with van der Waals surface area (Å²) in [6.07, 6.45) is 14.8. The van der Waals surface area contributed by atoms with E-state index in [1.54, 1.807) is 6.20 Å². The number of rotatable bonds is 7. The highest BCUT2D eigenvalue weighted by Gasteiger charge is 2.73. The third kappa shape index (κ3) is 4.13. The summed E-state index contributed by atoms with van der Waals surface area (Å²) in [6, 6.07) is 3.92. The Kier molecular flexibility index (Phi) is 5.45. The molecular formula is C33H39FN6O2. The first-order chi connectivity index (χ1) is 20.0. The second-order valence-corrected chi connectivity index (χ2v) is 15.3. The Hall–Kier alpha value is -3.23. The molecule has 7 aliphatic carbocycles. The van der Waals surface area contributed by atoms with Gasteiger partial charge in [0.2, 0.25) is 11.8 Å². The maximum Gasteiger partial charge on any atom is 0.233 e. The topological polar surface area (TPSA) is 97.9 Å². The molecule has 4 bridgehead atoms. The molecule has 3 heterocycles. The zero-order valence-corrected chi connectivity index (χ0v) is 24.8. The maximum atomic E-state index is 14.6. The zero-order chi connectivity index (χ0) is 29.0. The fraction of sp³-hybridized carbons (Fsp3) is 0.636. The molecule has 0 atom stereocenters. The first-order valence-corrected chi connectivity index (χ1v) is 15.6. The lowest BCUT2D eigenvalue weighted by molar-refractivity contribution is -0.211. The maximum absolute atomic E-state index is 14.6. The lowest BCUT2D eigenvalue weighted by atomic mass is 9.41. The Morgan fingerprint density at radius 1 is 1.02 bits per heavy atom. The SMILES string of the molecule is CC(C)(C)c1nc(C23CCC(CN(C(=O)C45CC(F)(C4)C5)c4ccnc(-c5cnc(C6CC6)nc5)c4)(CC2)CC3)no1. The standard InChI is InChI=1S/C33H39FN6O2/c1-29(2,3)27-38-26(39-42-27)31-10-7-30(8-11-31,9-12-31)20-40(28(41)32-17-33(34,18-32)19-32)23-6-13-35-24(14-23)22-15-36-25(37-16-22)21-4-5-21/h6,13-16,21H,4-5,7-12,17-20H2,1-3H3. The Bertz CT molecular complexity index is 1510. The number of hydrogen-bond acceptors (Lipinski definition) is 7. The van der Waals surface area contributed by atoms with Crippen molar-refractivity contribution in [1.82, 2.24) is 25.1 Å². The van der Waals surface area contributed by atoms with Gasteiger partial charge in [-0.05, 0) is 88.2 Å². The first kappa shape index (κ1) is 26.4. The summed E-state index contributed by atoms with van der Waals surface area (Å²) in [5.41, 5.74) is 0.541. The number of aromatic nitrogens is 5. The van der Waals surface area contributed by atoms with Crippen molar-refractivity contribution in [3.05, 3.63) is 48.3 Å². The van der Waals surface area contributed by atoms with Crippen LogP contribution in [0.25, 0.3) is 11.3 Å². The molecule has 0 aliphatic heterocycles. The van der Waals surface area contributed by atoms with Gasteiger partial charge in [-0.15, -0.1) is 0 Å². The van der Waals surface area contributed by atoms with Gasteiger partial charge in [0.15, 0.2) is 5.82 Å². The van der Waals surface area contributed by atoms with E-state index in [-0.39, 0.29) is 22.2 Å². The van der Waals surface area contributed by atoms with Crippen LogP contribution in [0.15, 0.2) is 35.2 Å². The molecule has 10 rings (SSSR count). The van der Waals surface area contributed by atoms with Gasteiger partial charge < -0.3 is 9.42 Å². The molecular weight excluding hydrogens is 531 g/mol. The number of hydrogen-bond donors (Lipinski definition) is 0. The van der Waals surface area contributed by atoms with Crippen molar-refractivity contribution in [2.45, 2.75) is 114 Å². The van der Waals surface area contributed by atoms with Crippen LogP contribution in [0.3, 0.4) is 0 Å². The second kappa shape index (κ2) is 8.66. The fourth-order valence-corrected chi connectivity index (χ4v) is 8.14. The largest absolute Gasteiger partial charge is 0.339 e. The summed E-state index contributed by atoms with van der Waals surface area (Å²) in [7, 11) is 0. The van der Waals surface area contributed by atoms with Gasteiger partial charge in [-0.3, -0.25) is 9.78 Å². The van der Waals surface area contributed by atoms with Gasteiger partial charge in [0.1, 0.15) is 11.5 Å². The highest BCUT2D eigenvalue weighted by atomic mass is 19.1. The quantitative estimate of drug-likeness (QED) is 0.315. The number of fused-ring (bicyclic) bond motifs is 3. The van der Waals surface area contributed by atoms with E-state index in [0.29, 0.717) is 37.6 Å². The van der Waals surface area contributed by atoms with E-state index < -0.39 is 11.1 Å². The minimum atomic E-state index is -1.13. The van der Waals surface area contributed by atoms with Crippen LogP contribution in [0.5, 0.6) is 0 Å². The van der Waals surface area contributed by atoms with Gasteiger partial charge in [-0.25, -0.2) is 14.4 Å². The third-order valence-electron chi connectivity index (χ3n) is 11.1. The molecule has 0 N–H and O–H groups in total. The molecule has 0 unspecified atom stereocenters. The van der Waals surface area contributed by atoms with E-state index in [2.05, 4.69) is 40.9 Å². The number of pyridine rings is 1. The van der Waals surface area contributed by atoms with E-state index in [1.807, 2.05) is 29.4 Å². The summed E-state index contributed by atoms with van der Waals surface area (Å²) >= 11 is 0. The summed E-state index contributed by atoms with van der Waals surface area (Å²) in [6.45, 7) is 6.93. The summed E-state index contributed by atoms with van der Waals surface area (Å²) in [5.74, 6) is 3.00. The van der Waals surface area contributed by atoms with Crippen LogP contribution in [0.2, 0.25) is 0 Å². The van der Waals surface area contributed by atoms with Crippen molar-refractivity contribution in [2.24, 2.45) is 10.8 Å². The van der Waals surface area contributed by atoms with Crippen molar-refractivity contribution in [3.63, 3.8) is 0 Å². The Balaban J connectivity index is 1.06. The van der Waals surface area contributed by atoms with Crippen LogP contribution in [0.4, 0.5) is 10.1 Å². The molecule has 1 amide bonds. The minimum absolute atomic E-state index is 0.0173. The number of amides is 1. The van der Waals surface area contributed by atoms with Crippen LogP contribution in [0, 0.1) is 10.8 Å². The number of anilines is 1. The van der Waals surface area contributed by atoms with Gasteiger partial charge >= 0.3 is 0 Å². The number of carbonyl (C=O) groups is 1. The molecule has 9 heteroatoms. The molecule has 0 saturated heterocycles. The van der Waals surface area contributed by atoms with Crippen molar-refractivity contribution >= 4 is 11.6 Å². The van der Waals surface area contributed by atoms with Gasteiger partial charge in [-0.1, -0.05) is 25.9 Å². The highest BCUT2D eigenvalue weighted by molar-refractivity contribution is 6.00. The zero-order valence-electron chi connectivity index (χ0n) is 24.8. The molecule has 3 aromatic heterocycles. The summed E-state index contributed by atoms with van der Waals surface area (Å²) < 4.78 is 20.3. The van der Waals surface area contributed by atoms with Crippen LogP contribution < -0.4 is 4.90 Å². The summed E-state index contributed by atoms with van der Waals surface area (Å²) in [4.78, 5) is 34.8. The minimum Gasteiger partial charge on any atom is -0.339 e. The molecule has 7 fully saturated rings. The van der Waals surface area contributed by atoms with Gasteiger partial charge in [0.25, 0.3) is 0 Å². The monoisotopic (exact) mass is 570 g/mol. The Morgan fingerprint density at radius 2 is 1.69 bits per heavy atom. The van der Waals surface area contributed by atoms with Gasteiger partial charge in [0, 0.05) is 53.1 Å². The number of halogens is 1. The third-order valence-corrected chi connectivity index (χ3v) is 11.1. The van der Waals surface area contributed by atoms with E-state index >= 15 is 0 Å². The molecule has 0 radical (unpaired) electrons. The molecule has 42 heavy (non-hydrogen) atoms. The fourth-order valence-electron chi connectivity index (χ4n) is 8.14. The van der Waals surface area contributed by atoms with Crippen molar-refractivity contribution < 1.29 is 13.7 Å². The molecule has 220 valence electrons. The van der Waals surface area contributed by atoms with Crippen molar-refractivity contribution in [2.75, 3.05) is 11.4 Å². The number of carbonyl (C=O) groups excluding carboxylic acids is 1. The molecule has 0 spiro atoms. The molecule has 0 aromatic carbocycles. The van der Waals surface area contributed by atoms with Crippen LogP contribution in [-0.4, -0.2) is 43.2 Å². The first-order valence-electron chi connectivity index (χ1n) is 15.6. The molecule has 8 nitrogen and oxygen atoms in total. The average Bonchev–Trinajstić information content (AvgIpc) is 3.68. The van der Waals surface area contributed by atoms with Crippen molar-refractivity contribution in [3.8, 4) is 11.3 Å². The van der Waals surface area contributed by atoms with E-state index in [0.717, 1.165) is 80.0 Å². The van der Waals surface area contributed by atoms with Crippen LogP contribution >= 0.6 is 0 Å². The lowest BCUT2D eigenvalue weighted by Crippen LogP contribution is -2.71. The van der Waals surface area contributed by atoms with Gasteiger partial charge in [0.05, 0.1) is 11.1 Å².